The number of hydrogen-bond acceptors (Lipinski definition) is 2. The van der Waals surface area contributed by atoms with Gasteiger partial charge >= 0.3 is 0 Å². The first-order chi connectivity index (χ1) is 29.5. The van der Waals surface area contributed by atoms with Gasteiger partial charge in [0.1, 0.15) is 0 Å². The number of thiophene rings is 1. The predicted octanol–water partition coefficient (Wildman–Crippen LogP) is 15.9. The second-order valence-corrected chi connectivity index (χ2v) is 17.9. The average molecular weight is 784 g/mol. The molecule has 2 aliphatic carbocycles. The van der Waals surface area contributed by atoms with Crippen LogP contribution in [0.4, 0.5) is 17.1 Å². The summed E-state index contributed by atoms with van der Waals surface area (Å²) in [5.41, 5.74) is 18.5. The van der Waals surface area contributed by atoms with Crippen molar-refractivity contribution in [2.75, 3.05) is 4.90 Å². The van der Waals surface area contributed by atoms with Gasteiger partial charge in [0.2, 0.25) is 0 Å². The van der Waals surface area contributed by atoms with Crippen LogP contribution in [-0.2, 0) is 10.8 Å². The highest BCUT2D eigenvalue weighted by Crippen LogP contribution is 2.62. The molecule has 1 spiro atoms. The molecule has 0 amide bonds. The highest BCUT2D eigenvalue weighted by Gasteiger charge is 2.53. The highest BCUT2D eigenvalue weighted by molar-refractivity contribution is 7.25. The Bertz CT molecular complexity index is 3230. The maximum Gasteiger partial charge on any atom is 0.0719 e. The van der Waals surface area contributed by atoms with Crippen LogP contribution in [0.15, 0.2) is 212 Å². The standard InChI is InChI=1S/C58H41NS/c1-57(2)51-19-9-11-21-53(51)58(54-22-12-10-20-52(54)57)49-18-8-6-16-45(49)47-37-44(33-34-50(47)58)59(42-29-24-39(25-30-42)38-14-4-3-5-15-38)43-31-26-40(27-32-43)41-28-35-56-48(36-41)46-17-7-13-23-55(46)60-56/h3-37H,1-2H3. The Morgan fingerprint density at radius 3 is 1.50 bits per heavy atom. The molecule has 1 aromatic heterocycles. The predicted molar refractivity (Wildman–Crippen MR) is 254 cm³/mol. The van der Waals surface area contributed by atoms with Crippen LogP contribution in [0, 0.1) is 0 Å². The lowest BCUT2D eigenvalue weighted by Gasteiger charge is -2.46. The van der Waals surface area contributed by atoms with E-state index in [1.165, 1.54) is 86.9 Å². The lowest BCUT2D eigenvalue weighted by atomic mass is 9.55. The summed E-state index contributed by atoms with van der Waals surface area (Å²) in [5, 5.41) is 2.64. The molecule has 9 aromatic carbocycles. The van der Waals surface area contributed by atoms with Crippen molar-refractivity contribution in [3.63, 3.8) is 0 Å². The minimum atomic E-state index is -0.425. The van der Waals surface area contributed by atoms with Crippen molar-refractivity contribution in [2.45, 2.75) is 24.7 Å². The van der Waals surface area contributed by atoms with Crippen LogP contribution in [0.3, 0.4) is 0 Å². The summed E-state index contributed by atoms with van der Waals surface area (Å²) in [6.07, 6.45) is 0. The molecule has 2 aliphatic rings. The first-order valence-corrected chi connectivity index (χ1v) is 21.7. The Balaban J connectivity index is 1.03. The van der Waals surface area contributed by atoms with Gasteiger partial charge in [-0.3, -0.25) is 0 Å². The quantitative estimate of drug-likeness (QED) is 0.168. The van der Waals surface area contributed by atoms with Crippen LogP contribution >= 0.6 is 11.3 Å². The summed E-state index contributed by atoms with van der Waals surface area (Å²) < 4.78 is 2.66. The zero-order chi connectivity index (χ0) is 40.0. The summed E-state index contributed by atoms with van der Waals surface area (Å²) in [7, 11) is 0. The molecule has 0 saturated carbocycles. The van der Waals surface area contributed by atoms with Crippen molar-refractivity contribution in [1.82, 2.24) is 0 Å². The van der Waals surface area contributed by atoms with E-state index < -0.39 is 5.41 Å². The van der Waals surface area contributed by atoms with Gasteiger partial charge in [-0.2, -0.15) is 0 Å². The molecule has 10 aromatic rings. The van der Waals surface area contributed by atoms with E-state index in [-0.39, 0.29) is 5.41 Å². The Morgan fingerprint density at radius 2 is 0.817 bits per heavy atom. The van der Waals surface area contributed by atoms with Crippen molar-refractivity contribution in [3.8, 4) is 33.4 Å². The average Bonchev–Trinajstić information content (AvgIpc) is 3.83. The van der Waals surface area contributed by atoms with E-state index >= 15 is 0 Å². The summed E-state index contributed by atoms with van der Waals surface area (Å²) >= 11 is 1.86. The van der Waals surface area contributed by atoms with Crippen molar-refractivity contribution in [1.29, 1.82) is 0 Å². The first kappa shape index (κ1) is 35.0. The minimum absolute atomic E-state index is 0.131. The molecule has 0 bridgehead atoms. The summed E-state index contributed by atoms with van der Waals surface area (Å²) in [5.74, 6) is 0. The fraction of sp³-hybridized carbons (Fsp3) is 0.0690. The minimum Gasteiger partial charge on any atom is -0.310 e. The van der Waals surface area contributed by atoms with Crippen molar-refractivity contribution in [3.05, 3.63) is 246 Å². The summed E-state index contributed by atoms with van der Waals surface area (Å²) in [6.45, 7) is 4.77. The SMILES string of the molecule is CC1(C)c2ccccc2C2(c3ccccc3-c3cc(N(c4ccc(-c5ccccc5)cc4)c4ccc(-c5ccc6sc7ccccc7c6c5)cc4)ccc32)c2ccccc21. The molecule has 0 N–H and O–H groups in total. The Labute approximate surface area is 355 Å². The largest absolute Gasteiger partial charge is 0.310 e. The van der Waals surface area contributed by atoms with E-state index in [9.17, 15) is 0 Å². The first-order valence-electron chi connectivity index (χ1n) is 20.9. The maximum absolute atomic E-state index is 2.45. The molecular weight excluding hydrogens is 743 g/mol. The molecule has 1 nitrogen and oxygen atoms in total. The fourth-order valence-electron chi connectivity index (χ4n) is 10.6. The lowest BCUT2D eigenvalue weighted by Crippen LogP contribution is -2.40. The maximum atomic E-state index is 2.45. The Morgan fingerprint density at radius 1 is 0.333 bits per heavy atom. The van der Waals surface area contributed by atoms with Gasteiger partial charge in [-0.05, 0) is 121 Å². The van der Waals surface area contributed by atoms with Crippen LogP contribution in [0.5, 0.6) is 0 Å². The summed E-state index contributed by atoms with van der Waals surface area (Å²) in [6, 6.07) is 79.2. The third-order valence-electron chi connectivity index (χ3n) is 13.4. The molecule has 0 atom stereocenters. The van der Waals surface area contributed by atoms with Gasteiger partial charge in [0.15, 0.2) is 0 Å². The van der Waals surface area contributed by atoms with E-state index in [0.29, 0.717) is 0 Å². The molecule has 12 rings (SSSR count). The third kappa shape index (κ3) is 5.04. The van der Waals surface area contributed by atoms with Gasteiger partial charge in [0, 0.05) is 42.6 Å². The van der Waals surface area contributed by atoms with Gasteiger partial charge in [-0.25, -0.2) is 0 Å². The number of rotatable bonds is 5. The van der Waals surface area contributed by atoms with Crippen LogP contribution in [0.2, 0.25) is 0 Å². The molecule has 284 valence electrons. The number of hydrogen-bond donors (Lipinski definition) is 0. The molecular formula is C58H41NS. The van der Waals surface area contributed by atoms with Gasteiger partial charge in [-0.1, -0.05) is 172 Å². The lowest BCUT2D eigenvalue weighted by molar-refractivity contribution is 0.563. The van der Waals surface area contributed by atoms with E-state index in [1.54, 1.807) is 0 Å². The fourth-order valence-corrected chi connectivity index (χ4v) is 11.7. The third-order valence-corrected chi connectivity index (χ3v) is 14.5. The Hall–Kier alpha value is -7.00. The number of anilines is 3. The second kappa shape index (κ2) is 13.3. The van der Waals surface area contributed by atoms with E-state index in [1.807, 2.05) is 11.3 Å². The molecule has 1 heterocycles. The van der Waals surface area contributed by atoms with Crippen molar-refractivity contribution < 1.29 is 0 Å². The van der Waals surface area contributed by atoms with Crippen molar-refractivity contribution in [2.24, 2.45) is 0 Å². The van der Waals surface area contributed by atoms with Crippen LogP contribution < -0.4 is 4.90 Å². The molecule has 60 heavy (non-hydrogen) atoms. The van der Waals surface area contributed by atoms with E-state index in [4.69, 9.17) is 0 Å². The smallest absolute Gasteiger partial charge is 0.0719 e. The molecule has 0 aliphatic heterocycles. The molecule has 0 unspecified atom stereocenters. The second-order valence-electron chi connectivity index (χ2n) is 16.8. The normalized spacial score (nSPS) is 14.1. The highest BCUT2D eigenvalue weighted by atomic mass is 32.1. The number of benzene rings is 9. The number of nitrogens with zero attached hydrogens (tertiary/aromatic N) is 1. The van der Waals surface area contributed by atoms with Gasteiger partial charge in [-0.15, -0.1) is 11.3 Å². The van der Waals surface area contributed by atoms with Crippen LogP contribution in [-0.4, -0.2) is 0 Å². The Kier molecular flexibility index (Phi) is 7.73. The zero-order valence-corrected chi connectivity index (χ0v) is 34.4. The van der Waals surface area contributed by atoms with Crippen molar-refractivity contribution >= 4 is 48.6 Å². The summed E-state index contributed by atoms with van der Waals surface area (Å²) in [4.78, 5) is 2.42. The molecule has 2 heteroatoms. The number of fused-ring (bicyclic) bond motifs is 12. The van der Waals surface area contributed by atoms with Crippen LogP contribution in [0.1, 0.15) is 47.2 Å². The van der Waals surface area contributed by atoms with E-state index in [0.717, 1.165) is 17.1 Å². The van der Waals surface area contributed by atoms with Gasteiger partial charge < -0.3 is 4.90 Å². The molecule has 0 fully saturated rings. The monoisotopic (exact) mass is 783 g/mol. The van der Waals surface area contributed by atoms with Gasteiger partial charge in [0.05, 0.1) is 5.41 Å². The van der Waals surface area contributed by atoms with Crippen LogP contribution in [0.25, 0.3) is 53.6 Å². The van der Waals surface area contributed by atoms with Gasteiger partial charge in [0.25, 0.3) is 0 Å². The topological polar surface area (TPSA) is 3.24 Å². The molecule has 0 saturated heterocycles. The zero-order valence-electron chi connectivity index (χ0n) is 33.6. The van der Waals surface area contributed by atoms with E-state index in [2.05, 4.69) is 231 Å². The molecule has 0 radical (unpaired) electrons.